The van der Waals surface area contributed by atoms with E-state index in [1.54, 1.807) is 18.5 Å². The highest BCUT2D eigenvalue weighted by molar-refractivity contribution is 5.55. The Hall–Kier alpha value is -2.01. The number of nitrogens with two attached hydrogens (primary N) is 2. The van der Waals surface area contributed by atoms with E-state index in [1.807, 2.05) is 32.9 Å². The summed E-state index contributed by atoms with van der Waals surface area (Å²) < 4.78 is 0. The Bertz CT molecular complexity index is 422. The average Bonchev–Trinajstić information content (AvgIpc) is 2.43. The van der Waals surface area contributed by atoms with Gasteiger partial charge in [-0.15, -0.1) is 0 Å². The number of pyridine rings is 1. The summed E-state index contributed by atoms with van der Waals surface area (Å²) in [6.07, 6.45) is 3.41. The Labute approximate surface area is 108 Å². The lowest BCUT2D eigenvalue weighted by molar-refractivity contribution is 1.11. The number of aryl methyl sites for hydroxylation is 1. The predicted molar refractivity (Wildman–Crippen MR) is 75.9 cm³/mol. The van der Waals surface area contributed by atoms with Gasteiger partial charge in [0.05, 0.1) is 0 Å². The molecule has 0 aliphatic heterocycles. The maximum atomic E-state index is 5.63. The molecule has 0 aliphatic rings. The Morgan fingerprint density at radius 2 is 1.56 bits per heavy atom. The van der Waals surface area contributed by atoms with Crippen LogP contribution in [0.2, 0.25) is 0 Å². The van der Waals surface area contributed by atoms with Crippen molar-refractivity contribution in [3.63, 3.8) is 0 Å². The Morgan fingerprint density at radius 3 is 2.06 bits per heavy atom. The minimum atomic E-state index is 0.490. The van der Waals surface area contributed by atoms with Crippen LogP contribution in [0.15, 0.2) is 30.6 Å². The SMILES string of the molecule is CC.CN.Cc1cc(N)nc(-c2ccncc2)n1. The van der Waals surface area contributed by atoms with Crippen LogP contribution in [-0.2, 0) is 0 Å². The fourth-order valence-electron chi connectivity index (χ4n) is 1.22. The summed E-state index contributed by atoms with van der Waals surface area (Å²) in [5.41, 5.74) is 11.9. The molecule has 0 aromatic carbocycles. The van der Waals surface area contributed by atoms with Gasteiger partial charge in [-0.2, -0.15) is 0 Å². The molecule has 0 aliphatic carbocycles. The van der Waals surface area contributed by atoms with E-state index in [-0.39, 0.29) is 0 Å². The number of nitrogen functional groups attached to an aromatic ring is 1. The van der Waals surface area contributed by atoms with Crippen LogP contribution in [-0.4, -0.2) is 22.0 Å². The summed E-state index contributed by atoms with van der Waals surface area (Å²) in [5.74, 6) is 1.13. The Balaban J connectivity index is 0.000000659. The normalized spacial score (nSPS) is 8.50. The van der Waals surface area contributed by atoms with E-state index in [1.165, 1.54) is 7.05 Å². The van der Waals surface area contributed by atoms with Crippen molar-refractivity contribution in [1.29, 1.82) is 0 Å². The molecule has 0 saturated carbocycles. The quantitative estimate of drug-likeness (QED) is 0.804. The molecule has 2 aromatic heterocycles. The van der Waals surface area contributed by atoms with Crippen molar-refractivity contribution in [3.05, 3.63) is 36.3 Å². The van der Waals surface area contributed by atoms with Crippen LogP contribution in [0.3, 0.4) is 0 Å². The van der Waals surface area contributed by atoms with E-state index in [2.05, 4.69) is 20.7 Å². The molecule has 0 atom stereocenters. The molecule has 2 heterocycles. The number of hydrogen-bond acceptors (Lipinski definition) is 5. The summed E-state index contributed by atoms with van der Waals surface area (Å²) in [6.45, 7) is 5.89. The number of aromatic nitrogens is 3. The van der Waals surface area contributed by atoms with Gasteiger partial charge in [0.2, 0.25) is 0 Å². The third kappa shape index (κ3) is 4.88. The van der Waals surface area contributed by atoms with Crippen molar-refractivity contribution in [3.8, 4) is 11.4 Å². The summed E-state index contributed by atoms with van der Waals surface area (Å²) in [4.78, 5) is 12.4. The van der Waals surface area contributed by atoms with Gasteiger partial charge >= 0.3 is 0 Å². The van der Waals surface area contributed by atoms with Crippen molar-refractivity contribution in [1.82, 2.24) is 15.0 Å². The van der Waals surface area contributed by atoms with Crippen molar-refractivity contribution >= 4 is 5.82 Å². The van der Waals surface area contributed by atoms with Gasteiger partial charge in [-0.25, -0.2) is 9.97 Å². The fraction of sp³-hybridized carbons (Fsp3) is 0.308. The van der Waals surface area contributed by atoms with E-state index in [4.69, 9.17) is 5.73 Å². The van der Waals surface area contributed by atoms with Crippen molar-refractivity contribution in [2.45, 2.75) is 20.8 Å². The second-order valence-electron chi connectivity index (χ2n) is 2.99. The number of hydrogen-bond donors (Lipinski definition) is 2. The summed E-state index contributed by atoms with van der Waals surface area (Å²) in [6, 6.07) is 5.45. The van der Waals surface area contributed by atoms with Crippen LogP contribution in [0.25, 0.3) is 11.4 Å². The molecule has 0 unspecified atom stereocenters. The van der Waals surface area contributed by atoms with Gasteiger partial charge in [-0.05, 0) is 26.1 Å². The van der Waals surface area contributed by atoms with Crippen molar-refractivity contribution in [2.75, 3.05) is 12.8 Å². The zero-order chi connectivity index (χ0) is 14.0. The molecule has 0 saturated heterocycles. The Morgan fingerprint density at radius 1 is 1.00 bits per heavy atom. The minimum absolute atomic E-state index is 0.490. The van der Waals surface area contributed by atoms with Crippen LogP contribution >= 0.6 is 0 Å². The first kappa shape index (κ1) is 16.0. The first-order valence-corrected chi connectivity index (χ1v) is 5.85. The molecule has 0 spiro atoms. The lowest BCUT2D eigenvalue weighted by Gasteiger charge is -2.01. The first-order valence-electron chi connectivity index (χ1n) is 5.85. The van der Waals surface area contributed by atoms with E-state index in [0.29, 0.717) is 11.6 Å². The average molecular weight is 247 g/mol. The van der Waals surface area contributed by atoms with Gasteiger partial charge in [0.25, 0.3) is 0 Å². The highest BCUT2D eigenvalue weighted by atomic mass is 14.9. The molecule has 18 heavy (non-hydrogen) atoms. The number of nitrogens with zero attached hydrogens (tertiary/aromatic N) is 3. The van der Waals surface area contributed by atoms with Gasteiger partial charge in [0, 0.05) is 29.7 Å². The van der Waals surface area contributed by atoms with Crippen LogP contribution < -0.4 is 11.5 Å². The van der Waals surface area contributed by atoms with E-state index in [9.17, 15) is 0 Å². The summed E-state index contributed by atoms with van der Waals surface area (Å²) in [5, 5.41) is 0. The monoisotopic (exact) mass is 247 g/mol. The molecule has 5 heteroatoms. The minimum Gasteiger partial charge on any atom is -0.384 e. The lowest BCUT2D eigenvalue weighted by atomic mass is 10.2. The molecule has 0 fully saturated rings. The molecular formula is C13H21N5. The molecule has 0 radical (unpaired) electrons. The van der Waals surface area contributed by atoms with Crippen LogP contribution in [0.1, 0.15) is 19.5 Å². The lowest BCUT2D eigenvalue weighted by Crippen LogP contribution is -1.97. The topological polar surface area (TPSA) is 90.7 Å². The van der Waals surface area contributed by atoms with Crippen LogP contribution in [0, 0.1) is 6.92 Å². The van der Waals surface area contributed by atoms with Crippen LogP contribution in [0.4, 0.5) is 5.82 Å². The molecule has 4 N–H and O–H groups in total. The number of rotatable bonds is 1. The van der Waals surface area contributed by atoms with Gasteiger partial charge in [-0.1, -0.05) is 13.8 Å². The van der Waals surface area contributed by atoms with Gasteiger partial charge in [0.15, 0.2) is 5.82 Å². The van der Waals surface area contributed by atoms with E-state index >= 15 is 0 Å². The highest BCUT2D eigenvalue weighted by Crippen LogP contribution is 2.14. The van der Waals surface area contributed by atoms with Gasteiger partial charge < -0.3 is 11.5 Å². The maximum Gasteiger partial charge on any atom is 0.161 e. The molecule has 5 nitrogen and oxygen atoms in total. The second-order valence-corrected chi connectivity index (χ2v) is 2.99. The third-order valence-electron chi connectivity index (χ3n) is 1.81. The third-order valence-corrected chi connectivity index (χ3v) is 1.81. The predicted octanol–water partition coefficient (Wildman–Crippen LogP) is 2.03. The van der Waals surface area contributed by atoms with Crippen LogP contribution in [0.5, 0.6) is 0 Å². The van der Waals surface area contributed by atoms with E-state index < -0.39 is 0 Å². The summed E-state index contributed by atoms with van der Waals surface area (Å²) >= 11 is 0. The zero-order valence-corrected chi connectivity index (χ0v) is 11.4. The largest absolute Gasteiger partial charge is 0.384 e. The second kappa shape index (κ2) is 9.07. The Kier molecular flexibility index (Phi) is 8.05. The first-order chi connectivity index (χ1) is 8.75. The molecule has 0 amide bonds. The fourth-order valence-corrected chi connectivity index (χ4v) is 1.22. The zero-order valence-electron chi connectivity index (χ0n) is 11.4. The van der Waals surface area contributed by atoms with Crippen molar-refractivity contribution < 1.29 is 0 Å². The molecular weight excluding hydrogens is 226 g/mol. The van der Waals surface area contributed by atoms with Gasteiger partial charge in [0.1, 0.15) is 5.82 Å². The molecule has 98 valence electrons. The standard InChI is InChI=1S/C10H10N4.C2H6.CH5N/c1-7-6-9(11)14-10(13-7)8-2-4-12-5-3-8;2*1-2/h2-6H,1H3,(H2,11,13,14);1-2H3;2H2,1H3. The maximum absolute atomic E-state index is 5.63. The highest BCUT2D eigenvalue weighted by Gasteiger charge is 2.01. The number of anilines is 1. The van der Waals surface area contributed by atoms with Gasteiger partial charge in [-0.3, -0.25) is 4.98 Å². The van der Waals surface area contributed by atoms with E-state index in [0.717, 1.165) is 11.3 Å². The molecule has 2 rings (SSSR count). The summed E-state index contributed by atoms with van der Waals surface area (Å²) in [7, 11) is 1.50. The molecule has 2 aromatic rings. The smallest absolute Gasteiger partial charge is 0.161 e. The van der Waals surface area contributed by atoms with Crippen molar-refractivity contribution in [2.24, 2.45) is 5.73 Å². The molecule has 0 bridgehead atoms.